The summed E-state index contributed by atoms with van der Waals surface area (Å²) < 4.78 is 10.7. The van der Waals surface area contributed by atoms with Crippen molar-refractivity contribution in [2.45, 2.75) is 20.0 Å². The Morgan fingerprint density at radius 2 is 1.90 bits per heavy atom. The first-order valence-corrected chi connectivity index (χ1v) is 10.4. The standard InChI is InChI=1S/C23H18N2O5S/c1-14-6-2-4-8-17(14)25-21(27)11-22-24-15(13-31-22)12-29-23(28)20-10-18(26)16-7-3-5-9-19(16)30-20/h2-10,13H,11-12H2,1H3,(H,25,27). The van der Waals surface area contributed by atoms with Gasteiger partial charge in [0, 0.05) is 17.1 Å². The molecule has 0 radical (unpaired) electrons. The first kappa shape index (κ1) is 20.5. The molecule has 8 heteroatoms. The lowest BCUT2D eigenvalue weighted by Gasteiger charge is -2.06. The molecule has 2 aromatic heterocycles. The number of anilines is 1. The molecule has 4 aromatic rings. The third-order valence-corrected chi connectivity index (χ3v) is 5.41. The van der Waals surface area contributed by atoms with Gasteiger partial charge in [0.25, 0.3) is 0 Å². The average Bonchev–Trinajstić information content (AvgIpc) is 3.20. The lowest BCUT2D eigenvalue weighted by atomic mass is 10.2. The van der Waals surface area contributed by atoms with Crippen molar-refractivity contribution in [1.82, 2.24) is 4.98 Å². The van der Waals surface area contributed by atoms with E-state index in [4.69, 9.17) is 9.15 Å². The molecular weight excluding hydrogens is 416 g/mol. The molecule has 0 aliphatic heterocycles. The second-order valence-corrected chi connectivity index (χ2v) is 7.76. The van der Waals surface area contributed by atoms with Gasteiger partial charge in [-0.25, -0.2) is 9.78 Å². The number of amides is 1. The summed E-state index contributed by atoms with van der Waals surface area (Å²) in [6.45, 7) is 1.83. The zero-order valence-corrected chi connectivity index (χ0v) is 17.4. The second kappa shape index (κ2) is 8.93. The minimum absolute atomic E-state index is 0.0920. The zero-order chi connectivity index (χ0) is 21.8. The zero-order valence-electron chi connectivity index (χ0n) is 16.6. The number of nitrogens with zero attached hydrogens (tertiary/aromatic N) is 1. The van der Waals surface area contributed by atoms with Gasteiger partial charge >= 0.3 is 5.97 Å². The van der Waals surface area contributed by atoms with Crippen molar-refractivity contribution in [3.8, 4) is 0 Å². The number of para-hydroxylation sites is 2. The monoisotopic (exact) mass is 434 g/mol. The number of nitrogens with one attached hydrogen (secondary N) is 1. The summed E-state index contributed by atoms with van der Waals surface area (Å²) in [7, 11) is 0. The summed E-state index contributed by atoms with van der Waals surface area (Å²) in [4.78, 5) is 41.0. The van der Waals surface area contributed by atoms with Crippen LogP contribution < -0.4 is 10.7 Å². The van der Waals surface area contributed by atoms with E-state index in [1.54, 1.807) is 29.6 Å². The number of ether oxygens (including phenoxy) is 1. The smallest absolute Gasteiger partial charge is 0.374 e. The number of hydrogen-bond donors (Lipinski definition) is 1. The normalized spacial score (nSPS) is 10.7. The van der Waals surface area contributed by atoms with Crippen LogP contribution in [-0.4, -0.2) is 16.9 Å². The molecular formula is C23H18N2O5S. The van der Waals surface area contributed by atoms with Gasteiger partial charge in [-0.05, 0) is 30.7 Å². The van der Waals surface area contributed by atoms with E-state index in [9.17, 15) is 14.4 Å². The molecule has 0 unspecified atom stereocenters. The molecule has 31 heavy (non-hydrogen) atoms. The molecule has 156 valence electrons. The minimum Gasteiger partial charge on any atom is -0.453 e. The number of hydrogen-bond acceptors (Lipinski definition) is 7. The summed E-state index contributed by atoms with van der Waals surface area (Å²) in [5.74, 6) is -1.10. The largest absolute Gasteiger partial charge is 0.453 e. The van der Waals surface area contributed by atoms with Crippen molar-refractivity contribution in [1.29, 1.82) is 0 Å². The van der Waals surface area contributed by atoms with E-state index in [1.165, 1.54) is 11.3 Å². The van der Waals surface area contributed by atoms with Crippen molar-refractivity contribution >= 4 is 39.9 Å². The highest BCUT2D eigenvalue weighted by Crippen LogP contribution is 2.17. The lowest BCUT2D eigenvalue weighted by Crippen LogP contribution is -2.15. The third-order valence-electron chi connectivity index (χ3n) is 4.52. The van der Waals surface area contributed by atoms with E-state index in [0.717, 1.165) is 17.3 Å². The maximum atomic E-state index is 12.3. The molecule has 1 N–H and O–H groups in total. The number of benzene rings is 2. The lowest BCUT2D eigenvalue weighted by molar-refractivity contribution is -0.115. The molecule has 0 bridgehead atoms. The first-order valence-electron chi connectivity index (χ1n) is 9.48. The highest BCUT2D eigenvalue weighted by molar-refractivity contribution is 7.09. The van der Waals surface area contributed by atoms with Gasteiger partial charge in [0.2, 0.25) is 11.7 Å². The van der Waals surface area contributed by atoms with Crippen molar-refractivity contribution in [2.75, 3.05) is 5.32 Å². The van der Waals surface area contributed by atoms with E-state index >= 15 is 0 Å². The highest BCUT2D eigenvalue weighted by Gasteiger charge is 2.15. The number of aryl methyl sites for hydroxylation is 1. The van der Waals surface area contributed by atoms with E-state index in [-0.39, 0.29) is 30.1 Å². The van der Waals surface area contributed by atoms with Crippen molar-refractivity contribution in [3.05, 3.63) is 92.2 Å². The highest BCUT2D eigenvalue weighted by atomic mass is 32.1. The minimum atomic E-state index is -0.755. The first-order chi connectivity index (χ1) is 15.0. The number of thiazole rings is 1. The number of fused-ring (bicyclic) bond motifs is 1. The Balaban J connectivity index is 1.36. The molecule has 0 saturated heterocycles. The van der Waals surface area contributed by atoms with Gasteiger partial charge in [0.1, 0.15) is 17.2 Å². The molecule has 0 fully saturated rings. The fourth-order valence-corrected chi connectivity index (χ4v) is 3.73. The number of carbonyl (C=O) groups is 2. The van der Waals surface area contributed by atoms with Crippen molar-refractivity contribution in [3.63, 3.8) is 0 Å². The van der Waals surface area contributed by atoms with Crippen LogP contribution >= 0.6 is 11.3 Å². The Bertz CT molecular complexity index is 1320. The number of carbonyl (C=O) groups excluding carboxylic acids is 2. The fraction of sp³-hybridized carbons (Fsp3) is 0.130. The predicted molar refractivity (Wildman–Crippen MR) is 117 cm³/mol. The van der Waals surface area contributed by atoms with Crippen LogP contribution in [-0.2, 0) is 22.6 Å². The molecule has 2 aromatic carbocycles. The van der Waals surface area contributed by atoms with Crippen LogP contribution in [0.5, 0.6) is 0 Å². The maximum absolute atomic E-state index is 12.3. The topological polar surface area (TPSA) is 98.5 Å². The van der Waals surface area contributed by atoms with Gasteiger partial charge in [0.05, 0.1) is 17.5 Å². The fourth-order valence-electron chi connectivity index (χ4n) is 2.96. The summed E-state index contributed by atoms with van der Waals surface area (Å²) in [5, 5.41) is 5.58. The Labute approximate surface area is 181 Å². The van der Waals surface area contributed by atoms with Crippen LogP contribution in [0.3, 0.4) is 0 Å². The molecule has 0 saturated carbocycles. The van der Waals surface area contributed by atoms with Crippen LogP contribution in [0.4, 0.5) is 5.69 Å². The van der Waals surface area contributed by atoms with Crippen molar-refractivity contribution in [2.24, 2.45) is 0 Å². The molecule has 1 amide bonds. The predicted octanol–water partition coefficient (Wildman–Crippen LogP) is 4.10. The Kier molecular flexibility index (Phi) is 5.90. The number of esters is 1. The van der Waals surface area contributed by atoms with E-state index in [2.05, 4.69) is 10.3 Å². The average molecular weight is 434 g/mol. The second-order valence-electron chi connectivity index (χ2n) is 6.82. The SMILES string of the molecule is Cc1ccccc1NC(=O)Cc1nc(COC(=O)c2cc(=O)c3ccccc3o2)cs1. The molecule has 7 nitrogen and oxygen atoms in total. The van der Waals surface area contributed by atoms with Gasteiger partial charge in [0.15, 0.2) is 5.43 Å². The van der Waals surface area contributed by atoms with E-state index in [0.29, 0.717) is 21.7 Å². The van der Waals surface area contributed by atoms with Crippen LogP contribution in [0, 0.1) is 6.92 Å². The van der Waals surface area contributed by atoms with Crippen LogP contribution in [0.15, 0.2) is 69.2 Å². The molecule has 4 rings (SSSR count). The summed E-state index contributed by atoms with van der Waals surface area (Å²) in [6.07, 6.45) is 0.118. The van der Waals surface area contributed by atoms with Gasteiger partial charge in [-0.2, -0.15) is 0 Å². The van der Waals surface area contributed by atoms with Gasteiger partial charge in [-0.15, -0.1) is 11.3 Å². The Morgan fingerprint density at radius 1 is 1.13 bits per heavy atom. The van der Waals surface area contributed by atoms with Crippen LogP contribution in [0.1, 0.15) is 26.8 Å². The van der Waals surface area contributed by atoms with Crippen LogP contribution in [0.25, 0.3) is 11.0 Å². The van der Waals surface area contributed by atoms with Gasteiger partial charge in [-0.1, -0.05) is 30.3 Å². The third kappa shape index (κ3) is 4.87. The van der Waals surface area contributed by atoms with Crippen LogP contribution in [0.2, 0.25) is 0 Å². The van der Waals surface area contributed by atoms with Gasteiger partial charge < -0.3 is 14.5 Å². The molecule has 2 heterocycles. The van der Waals surface area contributed by atoms with E-state index < -0.39 is 5.97 Å². The molecule has 0 spiro atoms. The Hall–Kier alpha value is -3.78. The quantitative estimate of drug-likeness (QED) is 0.459. The van der Waals surface area contributed by atoms with Gasteiger partial charge in [-0.3, -0.25) is 9.59 Å². The van der Waals surface area contributed by atoms with E-state index in [1.807, 2.05) is 31.2 Å². The van der Waals surface area contributed by atoms with Crippen molar-refractivity contribution < 1.29 is 18.7 Å². The maximum Gasteiger partial charge on any atom is 0.374 e. The summed E-state index contributed by atoms with van der Waals surface area (Å²) >= 11 is 1.31. The number of aromatic nitrogens is 1. The summed E-state index contributed by atoms with van der Waals surface area (Å²) in [5.41, 5.74) is 2.25. The molecule has 0 aliphatic carbocycles. The molecule has 0 aliphatic rings. The number of rotatable bonds is 6. The summed E-state index contributed by atoms with van der Waals surface area (Å²) in [6, 6.07) is 15.3. The molecule has 0 atom stereocenters. The Morgan fingerprint density at radius 3 is 2.74 bits per heavy atom.